The van der Waals surface area contributed by atoms with Gasteiger partial charge in [-0.15, -0.1) is 11.3 Å². The van der Waals surface area contributed by atoms with Crippen molar-refractivity contribution in [2.24, 2.45) is 0 Å². The molecule has 0 saturated carbocycles. The first-order valence-electron chi connectivity index (χ1n) is 5.88. The number of thiazole rings is 1. The highest BCUT2D eigenvalue weighted by molar-refractivity contribution is 7.09. The molecule has 0 aliphatic carbocycles. The SMILES string of the molecule is CC(CO)N(C)Cc1csc(CC(=O)N(C)C)n1. The number of aromatic nitrogens is 1. The standard InChI is InChI=1S/C12H21N3O2S/c1-9(7-16)15(4)6-10-8-18-11(13-10)5-12(17)14(2)3/h8-9,16H,5-7H2,1-4H3. The molecular formula is C12H21N3O2S. The minimum absolute atomic E-state index is 0.0629. The summed E-state index contributed by atoms with van der Waals surface area (Å²) in [5.41, 5.74) is 0.948. The minimum Gasteiger partial charge on any atom is -0.395 e. The van der Waals surface area contributed by atoms with Gasteiger partial charge in [-0.25, -0.2) is 4.98 Å². The van der Waals surface area contributed by atoms with Crippen LogP contribution < -0.4 is 0 Å². The molecule has 0 bridgehead atoms. The summed E-state index contributed by atoms with van der Waals surface area (Å²) in [4.78, 5) is 19.6. The van der Waals surface area contributed by atoms with Gasteiger partial charge in [-0.1, -0.05) is 0 Å². The number of aliphatic hydroxyl groups is 1. The molecule has 5 nitrogen and oxygen atoms in total. The van der Waals surface area contributed by atoms with Crippen LogP contribution in [0.2, 0.25) is 0 Å². The van der Waals surface area contributed by atoms with E-state index < -0.39 is 0 Å². The summed E-state index contributed by atoms with van der Waals surface area (Å²) in [7, 11) is 5.44. The van der Waals surface area contributed by atoms with Crippen LogP contribution in [0.5, 0.6) is 0 Å². The summed E-state index contributed by atoms with van der Waals surface area (Å²) in [5, 5.41) is 11.9. The van der Waals surface area contributed by atoms with Gasteiger partial charge in [0.25, 0.3) is 0 Å². The normalized spacial score (nSPS) is 12.8. The van der Waals surface area contributed by atoms with Gasteiger partial charge in [0, 0.05) is 32.1 Å². The molecule has 1 N–H and O–H groups in total. The lowest BCUT2D eigenvalue weighted by Gasteiger charge is -2.21. The Balaban J connectivity index is 2.56. The van der Waals surface area contributed by atoms with E-state index in [2.05, 4.69) is 4.98 Å². The lowest BCUT2D eigenvalue weighted by molar-refractivity contribution is -0.127. The molecule has 1 amide bonds. The predicted molar refractivity (Wildman–Crippen MR) is 72.5 cm³/mol. The Morgan fingerprint density at radius 1 is 1.50 bits per heavy atom. The van der Waals surface area contributed by atoms with E-state index in [0.717, 1.165) is 10.7 Å². The molecule has 6 heteroatoms. The fourth-order valence-electron chi connectivity index (χ4n) is 1.34. The van der Waals surface area contributed by atoms with Gasteiger partial charge in [0.2, 0.25) is 5.91 Å². The van der Waals surface area contributed by atoms with Gasteiger partial charge in [0.05, 0.1) is 18.7 Å². The largest absolute Gasteiger partial charge is 0.395 e. The van der Waals surface area contributed by atoms with Gasteiger partial charge in [-0.2, -0.15) is 0 Å². The first kappa shape index (κ1) is 15.1. The van der Waals surface area contributed by atoms with E-state index in [1.807, 2.05) is 24.3 Å². The summed E-state index contributed by atoms with van der Waals surface area (Å²) in [5.74, 6) is 0.0629. The maximum atomic E-state index is 11.5. The molecule has 0 fully saturated rings. The van der Waals surface area contributed by atoms with E-state index >= 15 is 0 Å². The third kappa shape index (κ3) is 4.36. The maximum Gasteiger partial charge on any atom is 0.228 e. The second-order valence-corrected chi connectivity index (χ2v) is 5.59. The summed E-state index contributed by atoms with van der Waals surface area (Å²) in [6.45, 7) is 2.78. The zero-order valence-electron chi connectivity index (χ0n) is 11.4. The fraction of sp³-hybridized carbons (Fsp3) is 0.667. The van der Waals surface area contributed by atoms with Gasteiger partial charge >= 0.3 is 0 Å². The van der Waals surface area contributed by atoms with Gasteiger partial charge in [-0.3, -0.25) is 9.69 Å². The van der Waals surface area contributed by atoms with Crippen LogP contribution in [0.1, 0.15) is 17.6 Å². The average molecular weight is 271 g/mol. The number of rotatable bonds is 6. The van der Waals surface area contributed by atoms with Crippen molar-refractivity contribution in [1.82, 2.24) is 14.8 Å². The second kappa shape index (κ2) is 6.82. The van der Waals surface area contributed by atoms with Crippen molar-refractivity contribution < 1.29 is 9.90 Å². The van der Waals surface area contributed by atoms with Crippen molar-refractivity contribution in [1.29, 1.82) is 0 Å². The van der Waals surface area contributed by atoms with E-state index in [0.29, 0.717) is 13.0 Å². The molecule has 0 aliphatic rings. The lowest BCUT2D eigenvalue weighted by Crippen LogP contribution is -2.31. The molecule has 1 atom stereocenters. The van der Waals surface area contributed by atoms with Crippen LogP contribution >= 0.6 is 11.3 Å². The van der Waals surface area contributed by atoms with Gasteiger partial charge < -0.3 is 10.0 Å². The molecule has 18 heavy (non-hydrogen) atoms. The Bertz CT molecular complexity index is 392. The molecule has 0 saturated heterocycles. The van der Waals surface area contributed by atoms with Crippen molar-refractivity contribution in [2.75, 3.05) is 27.7 Å². The number of hydrogen-bond donors (Lipinski definition) is 1. The van der Waals surface area contributed by atoms with Crippen LogP contribution in [0, 0.1) is 0 Å². The molecule has 0 radical (unpaired) electrons. The summed E-state index contributed by atoms with van der Waals surface area (Å²) in [6.07, 6.45) is 0.358. The van der Waals surface area contributed by atoms with Crippen LogP contribution in [0.3, 0.4) is 0 Å². The van der Waals surface area contributed by atoms with Crippen molar-refractivity contribution in [3.05, 3.63) is 16.1 Å². The molecule has 1 aromatic heterocycles. The topological polar surface area (TPSA) is 56.7 Å². The molecule has 1 unspecified atom stereocenters. The lowest BCUT2D eigenvalue weighted by atomic mass is 10.3. The summed E-state index contributed by atoms with van der Waals surface area (Å²) >= 11 is 1.51. The van der Waals surface area contributed by atoms with Gasteiger partial charge in [0.15, 0.2) is 0 Å². The Labute approximate surface area is 112 Å². The highest BCUT2D eigenvalue weighted by atomic mass is 32.1. The molecule has 0 aromatic carbocycles. The van der Waals surface area contributed by atoms with E-state index in [1.54, 1.807) is 19.0 Å². The second-order valence-electron chi connectivity index (χ2n) is 4.64. The fourth-order valence-corrected chi connectivity index (χ4v) is 2.12. The highest BCUT2D eigenvalue weighted by Crippen LogP contribution is 2.13. The molecule has 1 heterocycles. The number of likely N-dealkylation sites (N-methyl/N-ethyl adjacent to an activating group) is 2. The Morgan fingerprint density at radius 3 is 2.72 bits per heavy atom. The van der Waals surface area contributed by atoms with Crippen LogP contribution in [-0.4, -0.2) is 59.6 Å². The zero-order valence-corrected chi connectivity index (χ0v) is 12.2. The first-order chi connectivity index (χ1) is 8.43. The predicted octanol–water partition coefficient (Wildman–Crippen LogP) is 0.586. The number of amides is 1. The monoisotopic (exact) mass is 271 g/mol. The van der Waals surface area contributed by atoms with Crippen molar-refractivity contribution in [3.63, 3.8) is 0 Å². The smallest absolute Gasteiger partial charge is 0.228 e. The Hall–Kier alpha value is -0.980. The van der Waals surface area contributed by atoms with Crippen LogP contribution in [0.4, 0.5) is 0 Å². The molecule has 0 aliphatic heterocycles. The zero-order chi connectivity index (χ0) is 13.7. The molecule has 1 rings (SSSR count). The summed E-state index contributed by atoms with van der Waals surface area (Å²) < 4.78 is 0. The maximum absolute atomic E-state index is 11.5. The van der Waals surface area contributed by atoms with Crippen molar-refractivity contribution in [2.45, 2.75) is 25.9 Å². The van der Waals surface area contributed by atoms with E-state index in [9.17, 15) is 4.79 Å². The molecule has 1 aromatic rings. The number of aliphatic hydroxyl groups excluding tert-OH is 1. The van der Waals surface area contributed by atoms with Gasteiger partial charge in [-0.05, 0) is 14.0 Å². The van der Waals surface area contributed by atoms with Crippen LogP contribution in [0.15, 0.2) is 5.38 Å². The minimum atomic E-state index is 0.0629. The van der Waals surface area contributed by atoms with Crippen molar-refractivity contribution >= 4 is 17.2 Å². The number of hydrogen-bond acceptors (Lipinski definition) is 5. The third-order valence-corrected chi connectivity index (χ3v) is 3.73. The molecular weight excluding hydrogens is 250 g/mol. The highest BCUT2D eigenvalue weighted by Gasteiger charge is 2.12. The third-order valence-electron chi connectivity index (χ3n) is 2.83. The molecule has 102 valence electrons. The number of carbonyl (C=O) groups is 1. The number of nitrogens with zero attached hydrogens (tertiary/aromatic N) is 3. The van der Waals surface area contributed by atoms with Crippen molar-refractivity contribution in [3.8, 4) is 0 Å². The van der Waals surface area contributed by atoms with E-state index in [-0.39, 0.29) is 18.6 Å². The number of carbonyl (C=O) groups excluding carboxylic acids is 1. The van der Waals surface area contributed by atoms with Crippen LogP contribution in [-0.2, 0) is 17.8 Å². The van der Waals surface area contributed by atoms with Gasteiger partial charge in [0.1, 0.15) is 5.01 Å². The quantitative estimate of drug-likeness (QED) is 0.822. The Morgan fingerprint density at radius 2 is 2.17 bits per heavy atom. The van der Waals surface area contributed by atoms with Crippen LogP contribution in [0.25, 0.3) is 0 Å². The van der Waals surface area contributed by atoms with E-state index in [1.165, 1.54) is 11.3 Å². The Kier molecular flexibility index (Phi) is 5.71. The molecule has 0 spiro atoms. The first-order valence-corrected chi connectivity index (χ1v) is 6.76. The average Bonchev–Trinajstić information content (AvgIpc) is 2.75. The van der Waals surface area contributed by atoms with E-state index in [4.69, 9.17) is 5.11 Å². The summed E-state index contributed by atoms with van der Waals surface area (Å²) in [6, 6.07) is 0.110.